The van der Waals surface area contributed by atoms with E-state index in [9.17, 15) is 8.42 Å². The van der Waals surface area contributed by atoms with E-state index in [1.807, 2.05) is 26.2 Å². The molecule has 0 saturated carbocycles. The average molecular weight is 352 g/mol. The lowest BCUT2D eigenvalue weighted by Gasteiger charge is -2.34. The summed E-state index contributed by atoms with van der Waals surface area (Å²) in [5.74, 6) is 0.626. The fourth-order valence-corrected chi connectivity index (χ4v) is 5.38. The number of rotatable bonds is 5. The molecule has 1 N–H and O–H groups in total. The molecule has 6 heteroatoms. The van der Waals surface area contributed by atoms with Crippen molar-refractivity contribution in [3.05, 3.63) is 29.8 Å². The third-order valence-electron chi connectivity index (χ3n) is 5.23. The van der Waals surface area contributed by atoms with Gasteiger partial charge in [-0.2, -0.15) is 4.31 Å². The SMILES string of the molecule is CN(C)Cc1ccc(S(=O)(=O)N2CCC(C3CCCN3)CC2)cc1. The van der Waals surface area contributed by atoms with Crippen LogP contribution in [-0.4, -0.2) is 57.4 Å². The maximum absolute atomic E-state index is 12.8. The van der Waals surface area contributed by atoms with Gasteiger partial charge < -0.3 is 10.2 Å². The van der Waals surface area contributed by atoms with E-state index in [1.165, 1.54) is 12.8 Å². The molecule has 1 atom stereocenters. The highest BCUT2D eigenvalue weighted by Gasteiger charge is 2.33. The van der Waals surface area contributed by atoms with Crippen LogP contribution in [0.2, 0.25) is 0 Å². The van der Waals surface area contributed by atoms with Crippen molar-refractivity contribution in [2.75, 3.05) is 33.7 Å². The third kappa shape index (κ3) is 3.99. The molecular weight excluding hydrogens is 322 g/mol. The molecule has 134 valence electrons. The molecule has 2 aliphatic heterocycles. The Labute approximate surface area is 146 Å². The predicted molar refractivity (Wildman–Crippen MR) is 96.3 cm³/mol. The fourth-order valence-electron chi connectivity index (χ4n) is 3.91. The lowest BCUT2D eigenvalue weighted by Crippen LogP contribution is -2.43. The summed E-state index contributed by atoms with van der Waals surface area (Å²) in [6, 6.07) is 7.93. The molecule has 0 bridgehead atoms. The van der Waals surface area contributed by atoms with Crippen molar-refractivity contribution in [1.82, 2.24) is 14.5 Å². The van der Waals surface area contributed by atoms with E-state index in [-0.39, 0.29) is 0 Å². The van der Waals surface area contributed by atoms with Crippen LogP contribution in [0.1, 0.15) is 31.2 Å². The molecule has 0 amide bonds. The molecule has 24 heavy (non-hydrogen) atoms. The summed E-state index contributed by atoms with van der Waals surface area (Å²) in [6.07, 6.45) is 4.43. The van der Waals surface area contributed by atoms with Crippen LogP contribution in [0.25, 0.3) is 0 Å². The van der Waals surface area contributed by atoms with Crippen molar-refractivity contribution in [3.63, 3.8) is 0 Å². The molecule has 2 fully saturated rings. The molecule has 2 saturated heterocycles. The molecule has 0 aliphatic carbocycles. The minimum atomic E-state index is -3.35. The number of nitrogens with zero attached hydrogens (tertiary/aromatic N) is 2. The summed E-state index contributed by atoms with van der Waals surface area (Å²) in [5, 5.41) is 3.56. The molecule has 1 aromatic carbocycles. The Morgan fingerprint density at radius 1 is 1.12 bits per heavy atom. The van der Waals surface area contributed by atoms with E-state index >= 15 is 0 Å². The van der Waals surface area contributed by atoms with Gasteiger partial charge in [0.05, 0.1) is 4.90 Å². The Morgan fingerprint density at radius 3 is 2.33 bits per heavy atom. The number of hydrogen-bond donors (Lipinski definition) is 1. The van der Waals surface area contributed by atoms with Crippen molar-refractivity contribution < 1.29 is 8.42 Å². The van der Waals surface area contributed by atoms with Gasteiger partial charge in [-0.3, -0.25) is 0 Å². The normalized spacial score (nSPS) is 23.9. The van der Waals surface area contributed by atoms with Gasteiger partial charge in [-0.1, -0.05) is 12.1 Å². The summed E-state index contributed by atoms with van der Waals surface area (Å²) in [4.78, 5) is 2.49. The van der Waals surface area contributed by atoms with Gasteiger partial charge in [0, 0.05) is 25.7 Å². The minimum absolute atomic E-state index is 0.419. The van der Waals surface area contributed by atoms with E-state index in [1.54, 1.807) is 16.4 Å². The molecule has 0 spiro atoms. The van der Waals surface area contributed by atoms with Gasteiger partial charge >= 0.3 is 0 Å². The van der Waals surface area contributed by atoms with Crippen LogP contribution in [0.15, 0.2) is 29.2 Å². The van der Waals surface area contributed by atoms with Crippen molar-refractivity contribution >= 4 is 10.0 Å². The Balaban J connectivity index is 1.63. The van der Waals surface area contributed by atoms with Crippen molar-refractivity contribution in [2.45, 2.75) is 43.2 Å². The van der Waals surface area contributed by atoms with Crippen molar-refractivity contribution in [1.29, 1.82) is 0 Å². The van der Waals surface area contributed by atoms with Crippen LogP contribution in [0.5, 0.6) is 0 Å². The van der Waals surface area contributed by atoms with E-state index in [4.69, 9.17) is 0 Å². The first-order chi connectivity index (χ1) is 11.5. The van der Waals surface area contributed by atoms with Gasteiger partial charge in [0.25, 0.3) is 0 Å². The second kappa shape index (κ2) is 7.52. The largest absolute Gasteiger partial charge is 0.314 e. The topological polar surface area (TPSA) is 52.7 Å². The number of piperidine rings is 1. The Bertz CT molecular complexity index is 629. The van der Waals surface area contributed by atoms with E-state index < -0.39 is 10.0 Å². The molecule has 2 aliphatic rings. The molecule has 2 heterocycles. The van der Waals surface area contributed by atoms with Gasteiger partial charge in [0.1, 0.15) is 0 Å². The standard InChI is InChI=1S/C18H29N3O2S/c1-20(2)14-15-5-7-17(8-6-15)24(22,23)21-12-9-16(10-13-21)18-4-3-11-19-18/h5-8,16,18-19H,3-4,9-14H2,1-2H3. The maximum Gasteiger partial charge on any atom is 0.243 e. The average Bonchev–Trinajstić information content (AvgIpc) is 3.09. The van der Waals surface area contributed by atoms with Crippen LogP contribution in [0, 0.1) is 5.92 Å². The first kappa shape index (κ1) is 17.9. The molecule has 0 radical (unpaired) electrons. The van der Waals surface area contributed by atoms with Crippen LogP contribution in [0.4, 0.5) is 0 Å². The van der Waals surface area contributed by atoms with Gasteiger partial charge in [0.15, 0.2) is 0 Å². The van der Waals surface area contributed by atoms with E-state index in [0.717, 1.165) is 31.5 Å². The molecule has 3 rings (SSSR count). The van der Waals surface area contributed by atoms with Crippen molar-refractivity contribution in [2.24, 2.45) is 5.92 Å². The zero-order chi connectivity index (χ0) is 17.2. The van der Waals surface area contributed by atoms with Crippen LogP contribution >= 0.6 is 0 Å². The summed E-state index contributed by atoms with van der Waals surface area (Å²) >= 11 is 0. The number of nitrogens with one attached hydrogen (secondary N) is 1. The monoisotopic (exact) mass is 351 g/mol. The lowest BCUT2D eigenvalue weighted by molar-refractivity contribution is 0.234. The zero-order valence-corrected chi connectivity index (χ0v) is 15.6. The van der Waals surface area contributed by atoms with Crippen LogP contribution in [-0.2, 0) is 16.6 Å². The Hall–Kier alpha value is -0.950. The number of hydrogen-bond acceptors (Lipinski definition) is 4. The first-order valence-corrected chi connectivity index (χ1v) is 10.4. The first-order valence-electron chi connectivity index (χ1n) is 8.94. The van der Waals surface area contributed by atoms with Gasteiger partial charge in [-0.05, 0) is 69.9 Å². The Morgan fingerprint density at radius 2 is 1.79 bits per heavy atom. The minimum Gasteiger partial charge on any atom is -0.314 e. The second-order valence-corrected chi connectivity index (χ2v) is 9.26. The molecular formula is C18H29N3O2S. The molecule has 1 unspecified atom stereocenters. The third-order valence-corrected chi connectivity index (χ3v) is 7.14. The molecule has 0 aromatic heterocycles. The van der Waals surface area contributed by atoms with Gasteiger partial charge in [-0.15, -0.1) is 0 Å². The van der Waals surface area contributed by atoms with Crippen LogP contribution < -0.4 is 5.32 Å². The molecule has 1 aromatic rings. The zero-order valence-electron chi connectivity index (χ0n) is 14.7. The highest BCUT2D eigenvalue weighted by atomic mass is 32.2. The predicted octanol–water partition coefficient (Wildman–Crippen LogP) is 1.90. The summed E-state index contributed by atoms with van der Waals surface area (Å²) in [5.41, 5.74) is 1.13. The van der Waals surface area contributed by atoms with Gasteiger partial charge in [-0.25, -0.2) is 8.42 Å². The molecule has 5 nitrogen and oxygen atoms in total. The summed E-state index contributed by atoms with van der Waals surface area (Å²) < 4.78 is 27.4. The quantitative estimate of drug-likeness (QED) is 0.880. The highest BCUT2D eigenvalue weighted by Crippen LogP contribution is 2.28. The summed E-state index contributed by atoms with van der Waals surface area (Å²) in [6.45, 7) is 3.22. The lowest BCUT2D eigenvalue weighted by atomic mass is 9.89. The second-order valence-electron chi connectivity index (χ2n) is 7.33. The highest BCUT2D eigenvalue weighted by molar-refractivity contribution is 7.89. The fraction of sp³-hybridized carbons (Fsp3) is 0.667. The smallest absolute Gasteiger partial charge is 0.243 e. The number of sulfonamides is 1. The van der Waals surface area contributed by atoms with Gasteiger partial charge in [0.2, 0.25) is 10.0 Å². The van der Waals surface area contributed by atoms with Crippen LogP contribution in [0.3, 0.4) is 0 Å². The van der Waals surface area contributed by atoms with Crippen molar-refractivity contribution in [3.8, 4) is 0 Å². The summed E-state index contributed by atoms with van der Waals surface area (Å²) in [7, 11) is 0.661. The van der Waals surface area contributed by atoms with E-state index in [0.29, 0.717) is 29.9 Å². The number of benzene rings is 1. The van der Waals surface area contributed by atoms with E-state index in [2.05, 4.69) is 10.2 Å². The Kier molecular flexibility index (Phi) is 5.59. The maximum atomic E-state index is 12.8.